The molecule has 7 nitrogen and oxygen atoms in total. The number of fused-ring (bicyclic) bond motifs is 3. The van der Waals surface area contributed by atoms with E-state index in [-0.39, 0.29) is 28.8 Å². The fourth-order valence-corrected chi connectivity index (χ4v) is 6.29. The van der Waals surface area contributed by atoms with Crippen molar-refractivity contribution in [1.82, 2.24) is 15.1 Å². The van der Waals surface area contributed by atoms with E-state index in [1.165, 1.54) is 0 Å². The molecule has 1 spiro atoms. The van der Waals surface area contributed by atoms with Gasteiger partial charge in [0.15, 0.2) is 11.2 Å². The van der Waals surface area contributed by atoms with E-state index in [1.54, 1.807) is 28.8 Å². The fourth-order valence-electron chi connectivity index (χ4n) is 5.89. The number of carbonyl (C=O) groups excluding carboxylic acids is 2. The van der Waals surface area contributed by atoms with Crippen molar-refractivity contribution in [1.29, 1.82) is 0 Å². The highest BCUT2D eigenvalue weighted by molar-refractivity contribution is 6.31. The highest BCUT2D eigenvalue weighted by Crippen LogP contribution is 2.55. The van der Waals surface area contributed by atoms with Gasteiger partial charge in [0, 0.05) is 28.3 Å². The third kappa shape index (κ3) is 3.25. The van der Waals surface area contributed by atoms with Gasteiger partial charge in [0.25, 0.3) is 11.8 Å². The summed E-state index contributed by atoms with van der Waals surface area (Å²) < 4.78 is 7.38. The standard InChI is InChI=1S/C29H26Cl2N4O3/c1-15(2)26-24-25(33-35(26)21-7-5-6-8-23(21)38-4)27(36)34(22-14-18(31)10-9-16(22)3)29(24)19-12-11-17(30)13-20(19)32-28(29)37/h5-12,14-15,17H,13H2,1-4H3,(H,32,37). The van der Waals surface area contributed by atoms with Crippen molar-refractivity contribution >= 4 is 40.7 Å². The van der Waals surface area contributed by atoms with Crippen molar-refractivity contribution in [2.24, 2.45) is 0 Å². The van der Waals surface area contributed by atoms with Gasteiger partial charge in [0.1, 0.15) is 11.4 Å². The number of nitrogens with zero attached hydrogens (tertiary/aromatic N) is 3. The lowest BCUT2D eigenvalue weighted by atomic mass is 9.79. The predicted octanol–water partition coefficient (Wildman–Crippen LogP) is 5.77. The van der Waals surface area contributed by atoms with Crippen molar-refractivity contribution in [2.45, 2.75) is 44.0 Å². The lowest BCUT2D eigenvalue weighted by Gasteiger charge is -2.37. The Balaban J connectivity index is 1.72. The van der Waals surface area contributed by atoms with Gasteiger partial charge in [-0.3, -0.25) is 14.5 Å². The van der Waals surface area contributed by atoms with E-state index in [0.29, 0.717) is 45.4 Å². The summed E-state index contributed by atoms with van der Waals surface area (Å²) in [6, 6.07) is 12.9. The zero-order valence-corrected chi connectivity index (χ0v) is 22.9. The Bertz CT molecular complexity index is 1590. The van der Waals surface area contributed by atoms with Gasteiger partial charge < -0.3 is 10.1 Å². The molecule has 0 saturated carbocycles. The second kappa shape index (κ2) is 8.75. The van der Waals surface area contributed by atoms with Crippen LogP contribution >= 0.6 is 23.2 Å². The van der Waals surface area contributed by atoms with E-state index >= 15 is 0 Å². The summed E-state index contributed by atoms with van der Waals surface area (Å²) in [7, 11) is 1.60. The molecule has 194 valence electrons. The Morgan fingerprint density at radius 2 is 1.92 bits per heavy atom. The quantitative estimate of drug-likeness (QED) is 0.419. The average Bonchev–Trinajstić information content (AvgIpc) is 3.49. The van der Waals surface area contributed by atoms with Crippen LogP contribution in [-0.4, -0.2) is 34.1 Å². The van der Waals surface area contributed by atoms with E-state index < -0.39 is 5.54 Å². The molecular weight excluding hydrogens is 523 g/mol. The van der Waals surface area contributed by atoms with Gasteiger partial charge >= 0.3 is 0 Å². The molecule has 0 saturated heterocycles. The summed E-state index contributed by atoms with van der Waals surface area (Å²) in [5.74, 6) is -0.165. The third-order valence-corrected chi connectivity index (χ3v) is 8.01. The number of benzene rings is 2. The molecule has 0 radical (unpaired) electrons. The molecule has 1 aromatic heterocycles. The Morgan fingerprint density at radius 1 is 1.16 bits per heavy atom. The zero-order chi connectivity index (χ0) is 26.9. The number of ether oxygens (including phenoxy) is 1. The van der Waals surface area contributed by atoms with Crippen LogP contribution in [0.1, 0.15) is 53.5 Å². The zero-order valence-electron chi connectivity index (χ0n) is 21.4. The van der Waals surface area contributed by atoms with Crippen molar-refractivity contribution in [3.63, 3.8) is 0 Å². The lowest BCUT2D eigenvalue weighted by molar-refractivity contribution is -0.123. The molecule has 2 unspecified atom stereocenters. The first-order chi connectivity index (χ1) is 18.2. The monoisotopic (exact) mass is 548 g/mol. The first-order valence-corrected chi connectivity index (χ1v) is 13.3. The smallest absolute Gasteiger partial charge is 0.280 e. The molecule has 2 atom stereocenters. The van der Waals surface area contributed by atoms with Gasteiger partial charge in [-0.25, -0.2) is 4.68 Å². The topological polar surface area (TPSA) is 76.5 Å². The van der Waals surface area contributed by atoms with Crippen LogP contribution in [0.25, 0.3) is 5.69 Å². The van der Waals surface area contributed by atoms with Crippen LogP contribution in [0.2, 0.25) is 5.02 Å². The van der Waals surface area contributed by atoms with Crippen LogP contribution in [0.4, 0.5) is 5.69 Å². The molecule has 0 bridgehead atoms. The number of hydrogen-bond donors (Lipinski definition) is 1. The van der Waals surface area contributed by atoms with Crippen LogP contribution in [0.15, 0.2) is 65.9 Å². The van der Waals surface area contributed by atoms with Gasteiger partial charge in [-0.1, -0.05) is 55.8 Å². The summed E-state index contributed by atoms with van der Waals surface area (Å²) in [5.41, 5.74) is 3.56. The van der Waals surface area contributed by atoms with E-state index in [9.17, 15) is 9.59 Å². The minimum atomic E-state index is -1.47. The second-order valence-corrected chi connectivity index (χ2v) is 11.1. The molecule has 0 fully saturated rings. The Hall–Kier alpha value is -3.55. The Morgan fingerprint density at radius 3 is 2.66 bits per heavy atom. The molecule has 1 aliphatic carbocycles. The summed E-state index contributed by atoms with van der Waals surface area (Å²) >= 11 is 12.9. The third-order valence-electron chi connectivity index (χ3n) is 7.48. The van der Waals surface area contributed by atoms with Crippen molar-refractivity contribution < 1.29 is 14.3 Å². The van der Waals surface area contributed by atoms with Gasteiger partial charge in [-0.15, -0.1) is 11.6 Å². The van der Waals surface area contributed by atoms with Gasteiger partial charge in [0.05, 0.1) is 23.9 Å². The minimum Gasteiger partial charge on any atom is -0.494 e. The number of nitrogens with one attached hydrogen (secondary N) is 1. The summed E-state index contributed by atoms with van der Waals surface area (Å²) in [4.78, 5) is 30.3. The summed E-state index contributed by atoms with van der Waals surface area (Å²) in [6.07, 6.45) is 4.19. The van der Waals surface area contributed by atoms with E-state index in [2.05, 4.69) is 5.32 Å². The Labute approximate surface area is 230 Å². The fraction of sp³-hybridized carbons (Fsp3) is 0.276. The molecule has 6 rings (SSSR count). The number of alkyl halides is 1. The second-order valence-electron chi connectivity index (χ2n) is 10.1. The maximum absolute atomic E-state index is 14.4. The van der Waals surface area contributed by atoms with E-state index in [0.717, 1.165) is 11.3 Å². The van der Waals surface area contributed by atoms with Crippen LogP contribution in [-0.2, 0) is 10.3 Å². The van der Waals surface area contributed by atoms with Crippen LogP contribution in [0, 0.1) is 6.92 Å². The van der Waals surface area contributed by atoms with Gasteiger partial charge in [-0.2, -0.15) is 5.10 Å². The molecule has 3 aliphatic rings. The number of carbonyl (C=O) groups is 2. The maximum Gasteiger partial charge on any atom is 0.280 e. The molecule has 1 N–H and O–H groups in total. The molecule has 3 aromatic rings. The predicted molar refractivity (Wildman–Crippen MR) is 147 cm³/mol. The first kappa shape index (κ1) is 24.8. The normalized spacial score (nSPS) is 22.0. The maximum atomic E-state index is 14.4. The highest BCUT2D eigenvalue weighted by atomic mass is 35.5. The number of aryl methyl sites for hydroxylation is 1. The minimum absolute atomic E-state index is 0.0907. The number of aromatic nitrogens is 2. The summed E-state index contributed by atoms with van der Waals surface area (Å²) in [5, 5.41) is 8.14. The number of amides is 2. The number of allylic oxidation sites excluding steroid dienone is 2. The number of anilines is 1. The molecular formula is C29H26Cl2N4O3. The van der Waals surface area contributed by atoms with Crippen molar-refractivity contribution in [3.05, 3.63) is 93.4 Å². The van der Waals surface area contributed by atoms with Crippen molar-refractivity contribution in [2.75, 3.05) is 12.0 Å². The number of halogens is 2. The SMILES string of the molecule is COc1ccccc1-n1nc2c(c1C(C)C)C1(C(=O)NC3=C1C=CC(Cl)C3)N(c1cc(Cl)ccc1C)C2=O. The number of methoxy groups -OCH3 is 1. The number of rotatable bonds is 4. The molecule has 38 heavy (non-hydrogen) atoms. The average molecular weight is 549 g/mol. The molecule has 3 heterocycles. The van der Waals surface area contributed by atoms with Crippen LogP contribution in [0.5, 0.6) is 5.75 Å². The van der Waals surface area contributed by atoms with Gasteiger partial charge in [0.2, 0.25) is 0 Å². The Kier molecular flexibility index (Phi) is 5.70. The highest BCUT2D eigenvalue weighted by Gasteiger charge is 2.64. The first-order valence-electron chi connectivity index (χ1n) is 12.4. The molecule has 9 heteroatoms. The van der Waals surface area contributed by atoms with E-state index in [4.69, 9.17) is 33.0 Å². The van der Waals surface area contributed by atoms with Crippen molar-refractivity contribution in [3.8, 4) is 11.4 Å². The largest absolute Gasteiger partial charge is 0.494 e. The number of hydrogen-bond acceptors (Lipinski definition) is 4. The van der Waals surface area contributed by atoms with E-state index in [1.807, 2.05) is 63.3 Å². The van der Waals surface area contributed by atoms with Crippen LogP contribution in [0.3, 0.4) is 0 Å². The molecule has 2 aliphatic heterocycles. The number of para-hydroxylation sites is 2. The molecule has 2 aromatic carbocycles. The summed E-state index contributed by atoms with van der Waals surface area (Å²) in [6.45, 7) is 5.96. The van der Waals surface area contributed by atoms with Crippen LogP contribution < -0.4 is 15.0 Å². The van der Waals surface area contributed by atoms with Gasteiger partial charge in [-0.05, 0) is 42.7 Å². The molecule has 2 amide bonds. The lowest BCUT2D eigenvalue weighted by Crippen LogP contribution is -2.52.